The Bertz CT molecular complexity index is 554. The first-order chi connectivity index (χ1) is 9.11. The molecule has 1 atom stereocenters. The van der Waals surface area contributed by atoms with E-state index in [1.165, 1.54) is 5.56 Å². The highest BCUT2D eigenvalue weighted by Crippen LogP contribution is 2.28. The molecular formula is C16H17BrFN. The van der Waals surface area contributed by atoms with Crippen LogP contribution in [0.25, 0.3) is 0 Å². The Labute approximate surface area is 122 Å². The first-order valence-electron chi connectivity index (χ1n) is 6.39. The van der Waals surface area contributed by atoms with Crippen molar-refractivity contribution < 1.29 is 4.39 Å². The highest BCUT2D eigenvalue weighted by Gasteiger charge is 2.11. The number of benzene rings is 2. The van der Waals surface area contributed by atoms with Crippen LogP contribution in [0.15, 0.2) is 46.9 Å². The van der Waals surface area contributed by atoms with E-state index in [0.717, 1.165) is 17.7 Å². The molecule has 1 N–H and O–H groups in total. The van der Waals surface area contributed by atoms with E-state index in [4.69, 9.17) is 0 Å². The molecule has 1 nitrogen and oxygen atoms in total. The largest absolute Gasteiger partial charge is 0.378 e. The monoisotopic (exact) mass is 321 g/mol. The Kier molecular flexibility index (Phi) is 4.59. The van der Waals surface area contributed by atoms with E-state index >= 15 is 0 Å². The summed E-state index contributed by atoms with van der Waals surface area (Å²) in [6.07, 6.45) is 0.946. The van der Waals surface area contributed by atoms with Crippen molar-refractivity contribution in [1.82, 2.24) is 0 Å². The van der Waals surface area contributed by atoms with Crippen LogP contribution in [-0.4, -0.2) is 0 Å². The van der Waals surface area contributed by atoms with E-state index in [1.54, 1.807) is 12.1 Å². The van der Waals surface area contributed by atoms with Crippen molar-refractivity contribution in [2.75, 3.05) is 5.32 Å². The summed E-state index contributed by atoms with van der Waals surface area (Å²) in [5.41, 5.74) is 3.09. The molecule has 19 heavy (non-hydrogen) atoms. The van der Waals surface area contributed by atoms with Gasteiger partial charge < -0.3 is 5.32 Å². The number of rotatable bonds is 4. The second-order valence-electron chi connectivity index (χ2n) is 4.60. The molecule has 0 saturated carbocycles. The first kappa shape index (κ1) is 14.1. The maximum Gasteiger partial charge on any atom is 0.139 e. The van der Waals surface area contributed by atoms with Crippen molar-refractivity contribution in [3.05, 3.63) is 63.9 Å². The molecule has 0 fully saturated rings. The average molecular weight is 322 g/mol. The zero-order chi connectivity index (χ0) is 13.8. The maximum atomic E-state index is 13.6. The van der Waals surface area contributed by atoms with Gasteiger partial charge in [-0.3, -0.25) is 0 Å². The smallest absolute Gasteiger partial charge is 0.139 e. The quantitative estimate of drug-likeness (QED) is 0.788. The predicted octanol–water partition coefficient (Wildman–Crippen LogP) is 5.46. The molecule has 3 heteroatoms. The van der Waals surface area contributed by atoms with Gasteiger partial charge in [0, 0.05) is 5.69 Å². The van der Waals surface area contributed by atoms with Crippen molar-refractivity contribution in [2.24, 2.45) is 0 Å². The minimum absolute atomic E-state index is 0.195. The van der Waals surface area contributed by atoms with E-state index in [0.29, 0.717) is 4.47 Å². The average Bonchev–Trinajstić information content (AvgIpc) is 2.42. The topological polar surface area (TPSA) is 12.0 Å². The van der Waals surface area contributed by atoms with Crippen LogP contribution < -0.4 is 5.32 Å². The van der Waals surface area contributed by atoms with E-state index < -0.39 is 0 Å². The predicted molar refractivity (Wildman–Crippen MR) is 81.9 cm³/mol. The molecule has 0 aliphatic heterocycles. The van der Waals surface area contributed by atoms with Gasteiger partial charge in [0.2, 0.25) is 0 Å². The molecule has 0 aliphatic rings. The first-order valence-corrected chi connectivity index (χ1v) is 7.18. The van der Waals surface area contributed by atoms with Crippen LogP contribution in [0.1, 0.15) is 30.5 Å². The maximum absolute atomic E-state index is 13.6. The van der Waals surface area contributed by atoms with Crippen molar-refractivity contribution in [1.29, 1.82) is 0 Å². The van der Waals surface area contributed by atoms with Gasteiger partial charge in [0.1, 0.15) is 5.82 Å². The molecule has 2 rings (SSSR count). The van der Waals surface area contributed by atoms with Crippen LogP contribution in [-0.2, 0) is 0 Å². The number of nitrogens with one attached hydrogen (secondary N) is 1. The lowest BCUT2D eigenvalue weighted by Gasteiger charge is -2.20. The molecule has 0 radical (unpaired) electrons. The summed E-state index contributed by atoms with van der Waals surface area (Å²) in [7, 11) is 0. The number of aryl methyl sites for hydroxylation is 1. The Morgan fingerprint density at radius 2 is 1.89 bits per heavy atom. The lowest BCUT2D eigenvalue weighted by molar-refractivity contribution is 0.620. The molecule has 2 aromatic carbocycles. The molecule has 0 saturated heterocycles. The molecule has 1 unspecified atom stereocenters. The van der Waals surface area contributed by atoms with Gasteiger partial charge >= 0.3 is 0 Å². The van der Waals surface area contributed by atoms with Crippen molar-refractivity contribution >= 4 is 21.6 Å². The minimum Gasteiger partial charge on any atom is -0.378 e. The molecule has 100 valence electrons. The van der Waals surface area contributed by atoms with E-state index in [2.05, 4.69) is 40.3 Å². The lowest BCUT2D eigenvalue weighted by Crippen LogP contribution is -2.10. The Balaban J connectivity index is 2.26. The van der Waals surface area contributed by atoms with Gasteiger partial charge in [0.05, 0.1) is 10.5 Å². The molecule has 0 spiro atoms. The molecule has 0 aliphatic carbocycles. The van der Waals surface area contributed by atoms with E-state index in [9.17, 15) is 4.39 Å². The van der Waals surface area contributed by atoms with E-state index in [1.807, 2.05) is 25.1 Å². The van der Waals surface area contributed by atoms with Crippen LogP contribution in [0, 0.1) is 12.7 Å². The fourth-order valence-corrected chi connectivity index (χ4v) is 2.55. The zero-order valence-corrected chi connectivity index (χ0v) is 12.7. The Morgan fingerprint density at radius 1 is 1.21 bits per heavy atom. The fraction of sp³-hybridized carbons (Fsp3) is 0.250. The molecule has 0 amide bonds. The Hall–Kier alpha value is -1.35. The van der Waals surface area contributed by atoms with Crippen molar-refractivity contribution in [3.63, 3.8) is 0 Å². The summed E-state index contributed by atoms with van der Waals surface area (Å²) >= 11 is 3.21. The Morgan fingerprint density at radius 3 is 2.53 bits per heavy atom. The van der Waals surface area contributed by atoms with Gasteiger partial charge in [-0.1, -0.05) is 37.3 Å². The minimum atomic E-state index is -0.240. The third kappa shape index (κ3) is 3.35. The molecule has 0 heterocycles. The summed E-state index contributed by atoms with van der Waals surface area (Å²) in [4.78, 5) is 0. The lowest BCUT2D eigenvalue weighted by atomic mass is 10.0. The van der Waals surface area contributed by atoms with Crippen LogP contribution >= 0.6 is 15.9 Å². The van der Waals surface area contributed by atoms with Gasteiger partial charge in [0.15, 0.2) is 0 Å². The summed E-state index contributed by atoms with van der Waals surface area (Å²) < 4.78 is 14.1. The highest BCUT2D eigenvalue weighted by molar-refractivity contribution is 9.10. The van der Waals surface area contributed by atoms with Crippen LogP contribution in [0.2, 0.25) is 0 Å². The summed E-state index contributed by atoms with van der Waals surface area (Å²) in [6.45, 7) is 4.10. The fourth-order valence-electron chi connectivity index (χ4n) is 2.10. The van der Waals surface area contributed by atoms with Crippen LogP contribution in [0.4, 0.5) is 10.1 Å². The van der Waals surface area contributed by atoms with Gasteiger partial charge in [0.25, 0.3) is 0 Å². The standard InChI is InChI=1S/C16H17BrFN/c1-3-15(12-7-5-4-6-8-12)19-16-10-14(18)13(17)9-11(16)2/h4-10,15,19H,3H2,1-2H3. The van der Waals surface area contributed by atoms with E-state index in [-0.39, 0.29) is 11.9 Å². The third-order valence-corrected chi connectivity index (χ3v) is 3.81. The van der Waals surface area contributed by atoms with Crippen LogP contribution in [0.3, 0.4) is 0 Å². The number of hydrogen-bond donors (Lipinski definition) is 1. The molecular weight excluding hydrogens is 305 g/mol. The van der Waals surface area contributed by atoms with Gasteiger partial charge in [-0.15, -0.1) is 0 Å². The second-order valence-corrected chi connectivity index (χ2v) is 5.45. The molecule has 0 aromatic heterocycles. The summed E-state index contributed by atoms with van der Waals surface area (Å²) in [5.74, 6) is -0.240. The SMILES string of the molecule is CCC(Nc1cc(F)c(Br)cc1C)c1ccccc1. The summed E-state index contributed by atoms with van der Waals surface area (Å²) in [6, 6.07) is 13.8. The van der Waals surface area contributed by atoms with Crippen molar-refractivity contribution in [3.8, 4) is 0 Å². The number of hydrogen-bond acceptors (Lipinski definition) is 1. The number of anilines is 1. The zero-order valence-electron chi connectivity index (χ0n) is 11.1. The normalized spacial score (nSPS) is 12.2. The molecule has 0 bridgehead atoms. The molecule has 2 aromatic rings. The van der Waals surface area contributed by atoms with Gasteiger partial charge in [-0.25, -0.2) is 4.39 Å². The van der Waals surface area contributed by atoms with Gasteiger partial charge in [-0.05, 0) is 52.5 Å². The number of halogens is 2. The summed E-state index contributed by atoms with van der Waals surface area (Å²) in [5, 5.41) is 3.42. The van der Waals surface area contributed by atoms with Gasteiger partial charge in [-0.2, -0.15) is 0 Å². The van der Waals surface area contributed by atoms with Crippen molar-refractivity contribution in [2.45, 2.75) is 26.3 Å². The highest BCUT2D eigenvalue weighted by atomic mass is 79.9. The van der Waals surface area contributed by atoms with Crippen LogP contribution in [0.5, 0.6) is 0 Å². The second kappa shape index (κ2) is 6.20. The third-order valence-electron chi connectivity index (χ3n) is 3.21.